The highest BCUT2D eigenvalue weighted by molar-refractivity contribution is 5.20. The molecule has 0 aliphatic rings. The van der Waals surface area contributed by atoms with Crippen molar-refractivity contribution in [3.63, 3.8) is 0 Å². The van der Waals surface area contributed by atoms with Gasteiger partial charge >= 0.3 is 0 Å². The number of halogens is 2. The Balaban J connectivity index is 2.65. The number of hydrogen-bond donors (Lipinski definition) is 2. The van der Waals surface area contributed by atoms with Gasteiger partial charge in [-0.15, -0.1) is 0 Å². The SMILES string of the molecule is CCC(O)(CC)CNC(C)c1ccc(F)c(F)c1. The first-order chi connectivity index (χ1) is 8.41. The summed E-state index contributed by atoms with van der Waals surface area (Å²) < 4.78 is 25.9. The van der Waals surface area contributed by atoms with Crippen molar-refractivity contribution in [3.05, 3.63) is 35.4 Å². The van der Waals surface area contributed by atoms with Crippen LogP contribution in [0, 0.1) is 11.6 Å². The summed E-state index contributed by atoms with van der Waals surface area (Å²) in [6, 6.07) is 3.72. The van der Waals surface area contributed by atoms with E-state index in [9.17, 15) is 13.9 Å². The maximum atomic E-state index is 13.1. The molecular formula is C14H21F2NO. The van der Waals surface area contributed by atoms with E-state index in [0.29, 0.717) is 24.9 Å². The quantitative estimate of drug-likeness (QED) is 0.820. The molecule has 0 radical (unpaired) electrons. The highest BCUT2D eigenvalue weighted by atomic mass is 19.2. The standard InChI is InChI=1S/C14H21F2NO/c1-4-14(18,5-2)9-17-10(3)11-6-7-12(15)13(16)8-11/h6-8,10,17-18H,4-5,9H2,1-3H3. The van der Waals surface area contributed by atoms with Crippen LogP contribution in [0.3, 0.4) is 0 Å². The summed E-state index contributed by atoms with van der Waals surface area (Å²) in [5, 5.41) is 13.3. The second-order valence-corrected chi connectivity index (χ2v) is 4.71. The zero-order valence-corrected chi connectivity index (χ0v) is 11.1. The molecule has 0 bridgehead atoms. The Hall–Kier alpha value is -1.00. The minimum Gasteiger partial charge on any atom is -0.389 e. The molecular weight excluding hydrogens is 236 g/mol. The molecule has 0 amide bonds. The Kier molecular flexibility index (Phi) is 5.23. The van der Waals surface area contributed by atoms with Gasteiger partial charge in [-0.2, -0.15) is 0 Å². The largest absolute Gasteiger partial charge is 0.389 e. The van der Waals surface area contributed by atoms with Gasteiger partial charge in [-0.25, -0.2) is 8.78 Å². The van der Waals surface area contributed by atoms with Crippen molar-refractivity contribution in [1.82, 2.24) is 5.32 Å². The lowest BCUT2D eigenvalue weighted by atomic mass is 9.96. The summed E-state index contributed by atoms with van der Waals surface area (Å²) in [5.74, 6) is -1.69. The van der Waals surface area contributed by atoms with Gasteiger partial charge in [-0.1, -0.05) is 19.9 Å². The average molecular weight is 257 g/mol. The molecule has 0 saturated carbocycles. The Morgan fingerprint density at radius 2 is 1.83 bits per heavy atom. The smallest absolute Gasteiger partial charge is 0.159 e. The van der Waals surface area contributed by atoms with Crippen LogP contribution in [-0.4, -0.2) is 17.3 Å². The summed E-state index contributed by atoms with van der Waals surface area (Å²) in [4.78, 5) is 0. The minimum absolute atomic E-state index is 0.135. The van der Waals surface area contributed by atoms with Crippen molar-refractivity contribution in [2.75, 3.05) is 6.54 Å². The van der Waals surface area contributed by atoms with Crippen LogP contribution in [0.25, 0.3) is 0 Å². The monoisotopic (exact) mass is 257 g/mol. The van der Waals surface area contributed by atoms with Gasteiger partial charge in [0.25, 0.3) is 0 Å². The van der Waals surface area contributed by atoms with Crippen molar-refractivity contribution in [2.45, 2.75) is 45.3 Å². The molecule has 0 spiro atoms. The molecule has 0 fully saturated rings. The van der Waals surface area contributed by atoms with Crippen LogP contribution < -0.4 is 5.32 Å². The zero-order chi connectivity index (χ0) is 13.8. The van der Waals surface area contributed by atoms with Crippen LogP contribution in [0.15, 0.2) is 18.2 Å². The molecule has 2 N–H and O–H groups in total. The van der Waals surface area contributed by atoms with Crippen LogP contribution in [0.5, 0.6) is 0 Å². The van der Waals surface area contributed by atoms with Crippen molar-refractivity contribution >= 4 is 0 Å². The predicted molar refractivity (Wildman–Crippen MR) is 68.3 cm³/mol. The van der Waals surface area contributed by atoms with E-state index in [2.05, 4.69) is 5.32 Å². The molecule has 4 heteroatoms. The molecule has 102 valence electrons. The second-order valence-electron chi connectivity index (χ2n) is 4.71. The van der Waals surface area contributed by atoms with E-state index >= 15 is 0 Å². The summed E-state index contributed by atoms with van der Waals surface area (Å²) in [6.45, 7) is 6.14. The number of rotatable bonds is 6. The van der Waals surface area contributed by atoms with Crippen LogP contribution in [0.2, 0.25) is 0 Å². The fraction of sp³-hybridized carbons (Fsp3) is 0.571. The van der Waals surface area contributed by atoms with Gasteiger partial charge in [0.2, 0.25) is 0 Å². The lowest BCUT2D eigenvalue weighted by Gasteiger charge is -2.27. The number of nitrogens with one attached hydrogen (secondary N) is 1. The Morgan fingerprint density at radius 1 is 1.22 bits per heavy atom. The Morgan fingerprint density at radius 3 is 2.33 bits per heavy atom. The maximum Gasteiger partial charge on any atom is 0.159 e. The molecule has 0 heterocycles. The summed E-state index contributed by atoms with van der Waals surface area (Å²) in [6.07, 6.45) is 1.31. The predicted octanol–water partition coefficient (Wildman–Crippen LogP) is 3.17. The van der Waals surface area contributed by atoms with Crippen LogP contribution in [0.1, 0.15) is 45.2 Å². The average Bonchev–Trinajstić information content (AvgIpc) is 2.38. The lowest BCUT2D eigenvalue weighted by Crippen LogP contribution is -2.40. The van der Waals surface area contributed by atoms with Crippen LogP contribution in [0.4, 0.5) is 8.78 Å². The van der Waals surface area contributed by atoms with Gasteiger partial charge < -0.3 is 10.4 Å². The van der Waals surface area contributed by atoms with Crippen molar-refractivity contribution in [3.8, 4) is 0 Å². The molecule has 1 rings (SSSR count). The van der Waals surface area contributed by atoms with Gasteiger partial charge in [0.1, 0.15) is 0 Å². The maximum absolute atomic E-state index is 13.1. The van der Waals surface area contributed by atoms with Gasteiger partial charge in [0.05, 0.1) is 5.60 Å². The Bertz CT molecular complexity index is 391. The summed E-state index contributed by atoms with van der Waals surface area (Å²) in [7, 11) is 0. The van der Waals surface area contributed by atoms with E-state index in [1.165, 1.54) is 6.07 Å². The summed E-state index contributed by atoms with van der Waals surface area (Å²) in [5.41, 5.74) is -0.0734. The fourth-order valence-corrected chi connectivity index (χ4v) is 1.74. The van der Waals surface area contributed by atoms with Gasteiger partial charge in [-0.3, -0.25) is 0 Å². The first kappa shape index (κ1) is 15.1. The highest BCUT2D eigenvalue weighted by Crippen LogP contribution is 2.18. The zero-order valence-electron chi connectivity index (χ0n) is 11.1. The third kappa shape index (κ3) is 3.75. The van der Waals surface area contributed by atoms with Gasteiger partial charge in [0, 0.05) is 12.6 Å². The topological polar surface area (TPSA) is 32.3 Å². The molecule has 0 aliphatic carbocycles. The fourth-order valence-electron chi connectivity index (χ4n) is 1.74. The van der Waals surface area contributed by atoms with Gasteiger partial charge in [-0.05, 0) is 37.5 Å². The van der Waals surface area contributed by atoms with E-state index in [0.717, 1.165) is 6.07 Å². The molecule has 0 aliphatic heterocycles. The molecule has 1 aromatic rings. The number of hydrogen-bond acceptors (Lipinski definition) is 2. The Labute approximate surface area is 107 Å². The highest BCUT2D eigenvalue weighted by Gasteiger charge is 2.22. The number of benzene rings is 1. The third-order valence-corrected chi connectivity index (χ3v) is 3.50. The summed E-state index contributed by atoms with van der Waals surface area (Å²) >= 11 is 0. The van der Waals surface area contributed by atoms with E-state index < -0.39 is 17.2 Å². The van der Waals surface area contributed by atoms with Crippen molar-refractivity contribution in [2.24, 2.45) is 0 Å². The van der Waals surface area contributed by atoms with Crippen LogP contribution in [-0.2, 0) is 0 Å². The molecule has 2 nitrogen and oxygen atoms in total. The van der Waals surface area contributed by atoms with Crippen molar-refractivity contribution < 1.29 is 13.9 Å². The molecule has 1 aromatic carbocycles. The van der Waals surface area contributed by atoms with E-state index in [1.54, 1.807) is 6.07 Å². The number of aliphatic hydroxyl groups is 1. The molecule has 1 atom stereocenters. The van der Waals surface area contributed by atoms with E-state index in [1.807, 2.05) is 20.8 Å². The second kappa shape index (κ2) is 6.25. The van der Waals surface area contributed by atoms with Crippen molar-refractivity contribution in [1.29, 1.82) is 0 Å². The minimum atomic E-state index is -0.845. The normalized spacial score (nSPS) is 13.7. The first-order valence-electron chi connectivity index (χ1n) is 6.32. The lowest BCUT2D eigenvalue weighted by molar-refractivity contribution is 0.0303. The van der Waals surface area contributed by atoms with Gasteiger partial charge in [0.15, 0.2) is 11.6 Å². The molecule has 18 heavy (non-hydrogen) atoms. The molecule has 0 saturated heterocycles. The van der Waals surface area contributed by atoms with E-state index in [4.69, 9.17) is 0 Å². The first-order valence-corrected chi connectivity index (χ1v) is 6.32. The molecule has 1 unspecified atom stereocenters. The molecule has 0 aromatic heterocycles. The van der Waals surface area contributed by atoms with E-state index in [-0.39, 0.29) is 6.04 Å². The van der Waals surface area contributed by atoms with Crippen LogP contribution >= 0.6 is 0 Å². The third-order valence-electron chi connectivity index (χ3n) is 3.50.